The van der Waals surface area contributed by atoms with Crippen LogP contribution in [-0.4, -0.2) is 17.4 Å². The van der Waals surface area contributed by atoms with E-state index < -0.39 is 5.82 Å². The number of hydrogen-bond donors (Lipinski definition) is 3. The Balaban J connectivity index is 1.32. The number of anilines is 2. The molecule has 0 saturated carbocycles. The summed E-state index contributed by atoms with van der Waals surface area (Å²) in [6.45, 7) is 0.802. The lowest BCUT2D eigenvalue weighted by Gasteiger charge is -2.09. The van der Waals surface area contributed by atoms with Gasteiger partial charge in [0.2, 0.25) is 0 Å². The Morgan fingerprint density at radius 2 is 1.71 bits per heavy atom. The molecule has 0 saturated heterocycles. The van der Waals surface area contributed by atoms with Gasteiger partial charge in [-0.15, -0.1) is 0 Å². The molecule has 3 aromatic carbocycles. The van der Waals surface area contributed by atoms with Crippen molar-refractivity contribution in [3.8, 4) is 0 Å². The van der Waals surface area contributed by atoms with E-state index in [1.807, 2.05) is 36.4 Å². The maximum absolute atomic E-state index is 13.2. The molecule has 0 spiro atoms. The monoisotopic (exact) mass is 373 g/mol. The zero-order valence-corrected chi connectivity index (χ0v) is 15.2. The molecule has 3 N–H and O–H groups in total. The van der Waals surface area contributed by atoms with E-state index in [1.54, 1.807) is 6.07 Å². The number of nitrogens with one attached hydrogen (secondary N) is 3. The summed E-state index contributed by atoms with van der Waals surface area (Å²) in [7, 11) is 0. The van der Waals surface area contributed by atoms with E-state index in [4.69, 9.17) is 0 Å². The van der Waals surface area contributed by atoms with Gasteiger partial charge in [-0.3, -0.25) is 4.79 Å². The van der Waals surface area contributed by atoms with E-state index in [0.717, 1.165) is 24.2 Å². The minimum atomic E-state index is -0.428. The smallest absolute Gasteiger partial charge is 0.255 e. The lowest BCUT2D eigenvalue weighted by Crippen LogP contribution is -2.12. The van der Waals surface area contributed by atoms with E-state index in [9.17, 15) is 9.18 Å². The van der Waals surface area contributed by atoms with Crippen LogP contribution in [0.25, 0.3) is 10.9 Å². The van der Waals surface area contributed by atoms with Crippen molar-refractivity contribution in [3.05, 3.63) is 95.9 Å². The summed E-state index contributed by atoms with van der Waals surface area (Å²) in [5, 5.41) is 7.41. The largest absolute Gasteiger partial charge is 0.385 e. The van der Waals surface area contributed by atoms with Gasteiger partial charge in [-0.1, -0.05) is 24.3 Å². The second kappa shape index (κ2) is 7.96. The van der Waals surface area contributed by atoms with Gasteiger partial charge in [0.1, 0.15) is 5.82 Å². The Bertz CT molecular complexity index is 1100. The predicted octanol–water partition coefficient (Wildman–Crippen LogP) is 5.21. The predicted molar refractivity (Wildman–Crippen MR) is 111 cm³/mol. The van der Waals surface area contributed by atoms with Crippen LogP contribution in [0.2, 0.25) is 0 Å². The van der Waals surface area contributed by atoms with Crippen LogP contribution < -0.4 is 10.6 Å². The van der Waals surface area contributed by atoms with E-state index >= 15 is 0 Å². The molecule has 4 aromatic rings. The van der Waals surface area contributed by atoms with Crippen LogP contribution in [0.5, 0.6) is 0 Å². The molecule has 4 rings (SSSR count). The molecule has 0 fully saturated rings. The Labute approximate surface area is 162 Å². The fraction of sp³-hybridized carbons (Fsp3) is 0.0870. The molecule has 4 nitrogen and oxygen atoms in total. The molecular formula is C23H20FN3O. The zero-order valence-electron chi connectivity index (χ0n) is 15.2. The van der Waals surface area contributed by atoms with Gasteiger partial charge >= 0.3 is 0 Å². The first-order valence-electron chi connectivity index (χ1n) is 9.15. The quantitative estimate of drug-likeness (QED) is 0.434. The summed E-state index contributed by atoms with van der Waals surface area (Å²) in [6, 6.07) is 21.4. The molecule has 0 aliphatic heterocycles. The van der Waals surface area contributed by atoms with Crippen LogP contribution in [0.1, 0.15) is 15.9 Å². The number of H-pyrrole nitrogens is 1. The summed E-state index contributed by atoms with van der Waals surface area (Å²) < 4.78 is 13.2. The molecule has 1 amide bonds. The number of fused-ring (bicyclic) bond motifs is 1. The third-order valence-corrected chi connectivity index (χ3v) is 4.63. The van der Waals surface area contributed by atoms with Crippen LogP contribution in [-0.2, 0) is 6.42 Å². The van der Waals surface area contributed by atoms with Crippen LogP contribution in [0.15, 0.2) is 79.0 Å². The highest BCUT2D eigenvalue weighted by Gasteiger charge is 2.07. The molecule has 140 valence electrons. The molecule has 0 aliphatic rings. The number of halogens is 1. The average Bonchev–Trinajstić information content (AvgIpc) is 3.12. The average molecular weight is 373 g/mol. The molecule has 0 atom stereocenters. The van der Waals surface area contributed by atoms with Crippen LogP contribution in [0, 0.1) is 5.82 Å². The van der Waals surface area contributed by atoms with Crippen molar-refractivity contribution in [1.82, 2.24) is 4.98 Å². The third-order valence-electron chi connectivity index (χ3n) is 4.63. The topological polar surface area (TPSA) is 56.9 Å². The second-order valence-corrected chi connectivity index (χ2v) is 6.58. The first kappa shape index (κ1) is 17.8. The van der Waals surface area contributed by atoms with E-state index in [1.165, 1.54) is 29.1 Å². The Morgan fingerprint density at radius 3 is 2.54 bits per heavy atom. The first-order chi connectivity index (χ1) is 13.7. The van der Waals surface area contributed by atoms with Crippen molar-refractivity contribution in [2.24, 2.45) is 0 Å². The number of aromatic amines is 1. The summed E-state index contributed by atoms with van der Waals surface area (Å²) in [6.07, 6.45) is 2.96. The van der Waals surface area contributed by atoms with Crippen LogP contribution in [0.4, 0.5) is 15.8 Å². The Kier molecular flexibility index (Phi) is 5.06. The van der Waals surface area contributed by atoms with E-state index in [-0.39, 0.29) is 5.91 Å². The maximum Gasteiger partial charge on any atom is 0.255 e. The molecule has 1 aromatic heterocycles. The van der Waals surface area contributed by atoms with Gasteiger partial charge in [0.15, 0.2) is 0 Å². The van der Waals surface area contributed by atoms with Gasteiger partial charge in [0.25, 0.3) is 5.91 Å². The number of carbonyl (C=O) groups excluding carboxylic acids is 1. The number of benzene rings is 3. The highest BCUT2D eigenvalue weighted by Crippen LogP contribution is 2.19. The summed E-state index contributed by atoms with van der Waals surface area (Å²) >= 11 is 0. The van der Waals surface area contributed by atoms with Crippen LogP contribution >= 0.6 is 0 Å². The fourth-order valence-corrected chi connectivity index (χ4v) is 3.18. The Hall–Kier alpha value is -3.60. The maximum atomic E-state index is 13.2. The van der Waals surface area contributed by atoms with E-state index in [0.29, 0.717) is 11.3 Å². The minimum Gasteiger partial charge on any atom is -0.385 e. The lowest BCUT2D eigenvalue weighted by molar-refractivity contribution is 0.102. The van der Waals surface area contributed by atoms with Crippen LogP contribution in [0.3, 0.4) is 0 Å². The van der Waals surface area contributed by atoms with Crippen molar-refractivity contribution >= 4 is 28.2 Å². The molecule has 5 heteroatoms. The summed E-state index contributed by atoms with van der Waals surface area (Å²) in [5.74, 6) is -0.762. The molecule has 28 heavy (non-hydrogen) atoms. The van der Waals surface area contributed by atoms with Crippen molar-refractivity contribution in [2.75, 3.05) is 17.2 Å². The van der Waals surface area contributed by atoms with Gasteiger partial charge in [0, 0.05) is 40.6 Å². The lowest BCUT2D eigenvalue weighted by atomic mass is 10.1. The van der Waals surface area contributed by atoms with Gasteiger partial charge in [-0.25, -0.2) is 4.39 Å². The normalized spacial score (nSPS) is 10.8. The number of carbonyl (C=O) groups is 1. The number of hydrogen-bond acceptors (Lipinski definition) is 2. The summed E-state index contributed by atoms with van der Waals surface area (Å²) in [5.41, 5.74) is 4.36. The number of para-hydroxylation sites is 1. The first-order valence-corrected chi connectivity index (χ1v) is 9.15. The molecular weight excluding hydrogens is 353 g/mol. The van der Waals surface area contributed by atoms with Crippen molar-refractivity contribution in [2.45, 2.75) is 6.42 Å². The van der Waals surface area contributed by atoms with Gasteiger partial charge in [-0.2, -0.15) is 0 Å². The van der Waals surface area contributed by atoms with Crippen molar-refractivity contribution in [1.29, 1.82) is 0 Å². The third kappa shape index (κ3) is 4.04. The highest BCUT2D eigenvalue weighted by atomic mass is 19.1. The minimum absolute atomic E-state index is 0.293. The SMILES string of the molecule is O=C(Nc1ccc(NCCc2c[nH]c3ccccc23)cc1)c1cccc(F)c1. The van der Waals surface area contributed by atoms with Crippen molar-refractivity contribution in [3.63, 3.8) is 0 Å². The number of aromatic nitrogens is 1. The van der Waals surface area contributed by atoms with Gasteiger partial charge in [0.05, 0.1) is 0 Å². The van der Waals surface area contributed by atoms with E-state index in [2.05, 4.69) is 33.9 Å². The molecule has 0 radical (unpaired) electrons. The molecule has 1 heterocycles. The molecule has 0 unspecified atom stereocenters. The Morgan fingerprint density at radius 1 is 0.929 bits per heavy atom. The fourth-order valence-electron chi connectivity index (χ4n) is 3.18. The van der Waals surface area contributed by atoms with Gasteiger partial charge in [-0.05, 0) is 60.5 Å². The molecule has 0 bridgehead atoms. The second-order valence-electron chi connectivity index (χ2n) is 6.58. The van der Waals surface area contributed by atoms with Crippen molar-refractivity contribution < 1.29 is 9.18 Å². The highest BCUT2D eigenvalue weighted by molar-refractivity contribution is 6.04. The number of rotatable bonds is 6. The summed E-state index contributed by atoms with van der Waals surface area (Å²) in [4.78, 5) is 15.5. The van der Waals surface area contributed by atoms with Gasteiger partial charge < -0.3 is 15.6 Å². The molecule has 0 aliphatic carbocycles. The number of amides is 1. The zero-order chi connectivity index (χ0) is 19.3. The standard InChI is InChI=1S/C23H20FN3O/c24-18-5-3-4-16(14-18)23(28)27-20-10-8-19(9-11-20)25-13-12-17-15-26-22-7-2-1-6-21(17)22/h1-11,14-15,25-26H,12-13H2,(H,27,28).